The van der Waals surface area contributed by atoms with E-state index in [0.29, 0.717) is 13.0 Å². The Labute approximate surface area is 82.2 Å². The third-order valence-corrected chi connectivity index (χ3v) is 1.72. The SMILES string of the molecule is NCCC(=O)/C=C/c1ccc(F)cc1. The van der Waals surface area contributed by atoms with E-state index >= 15 is 0 Å². The number of allylic oxidation sites excluding steroid dienone is 1. The van der Waals surface area contributed by atoms with Crippen molar-refractivity contribution in [3.8, 4) is 0 Å². The molecule has 2 nitrogen and oxygen atoms in total. The molecule has 0 atom stereocenters. The Bertz CT molecular complexity index is 330. The molecule has 0 radical (unpaired) electrons. The van der Waals surface area contributed by atoms with Crippen molar-refractivity contribution >= 4 is 11.9 Å². The van der Waals surface area contributed by atoms with Crippen LogP contribution in [-0.4, -0.2) is 12.3 Å². The van der Waals surface area contributed by atoms with E-state index in [1.54, 1.807) is 18.2 Å². The van der Waals surface area contributed by atoms with Gasteiger partial charge >= 0.3 is 0 Å². The molecule has 0 saturated heterocycles. The van der Waals surface area contributed by atoms with Gasteiger partial charge in [0.25, 0.3) is 0 Å². The minimum Gasteiger partial charge on any atom is -0.330 e. The Balaban J connectivity index is 2.60. The van der Waals surface area contributed by atoms with Crippen LogP contribution >= 0.6 is 0 Å². The van der Waals surface area contributed by atoms with Gasteiger partial charge in [-0.15, -0.1) is 0 Å². The minimum atomic E-state index is -0.282. The molecule has 0 aromatic heterocycles. The summed E-state index contributed by atoms with van der Waals surface area (Å²) >= 11 is 0. The van der Waals surface area contributed by atoms with Crippen LogP contribution in [0.15, 0.2) is 30.3 Å². The largest absolute Gasteiger partial charge is 0.330 e. The Morgan fingerprint density at radius 1 is 1.36 bits per heavy atom. The van der Waals surface area contributed by atoms with E-state index < -0.39 is 0 Å². The van der Waals surface area contributed by atoms with E-state index in [1.807, 2.05) is 0 Å². The summed E-state index contributed by atoms with van der Waals surface area (Å²) < 4.78 is 12.5. The normalized spacial score (nSPS) is 10.7. The Morgan fingerprint density at radius 3 is 2.57 bits per heavy atom. The zero-order valence-corrected chi connectivity index (χ0v) is 7.74. The lowest BCUT2D eigenvalue weighted by Gasteiger charge is -1.92. The van der Waals surface area contributed by atoms with Gasteiger partial charge in [-0.1, -0.05) is 18.2 Å². The van der Waals surface area contributed by atoms with E-state index in [2.05, 4.69) is 0 Å². The highest BCUT2D eigenvalue weighted by Crippen LogP contribution is 2.04. The lowest BCUT2D eigenvalue weighted by Crippen LogP contribution is -2.04. The third-order valence-electron chi connectivity index (χ3n) is 1.72. The quantitative estimate of drug-likeness (QED) is 0.740. The molecule has 0 bridgehead atoms. The van der Waals surface area contributed by atoms with Crippen LogP contribution in [0.4, 0.5) is 4.39 Å². The molecule has 0 aliphatic heterocycles. The zero-order chi connectivity index (χ0) is 10.4. The number of hydrogen-bond acceptors (Lipinski definition) is 2. The fourth-order valence-corrected chi connectivity index (χ4v) is 0.989. The summed E-state index contributed by atoms with van der Waals surface area (Å²) in [5.41, 5.74) is 6.02. The number of carbonyl (C=O) groups is 1. The summed E-state index contributed by atoms with van der Waals surface area (Å²) in [6.45, 7) is 0.354. The molecule has 1 aromatic carbocycles. The fraction of sp³-hybridized carbons (Fsp3) is 0.182. The van der Waals surface area contributed by atoms with Gasteiger partial charge in [-0.05, 0) is 30.3 Å². The number of benzene rings is 1. The highest BCUT2D eigenvalue weighted by atomic mass is 19.1. The average Bonchev–Trinajstić information content (AvgIpc) is 2.17. The number of halogens is 1. The molecule has 0 saturated carbocycles. The smallest absolute Gasteiger partial charge is 0.156 e. The molecule has 1 rings (SSSR count). The highest BCUT2D eigenvalue weighted by molar-refractivity contribution is 5.93. The van der Waals surface area contributed by atoms with Crippen molar-refractivity contribution < 1.29 is 9.18 Å². The van der Waals surface area contributed by atoms with Gasteiger partial charge < -0.3 is 5.73 Å². The predicted molar refractivity (Wildman–Crippen MR) is 54.1 cm³/mol. The topological polar surface area (TPSA) is 43.1 Å². The van der Waals surface area contributed by atoms with Crippen molar-refractivity contribution in [1.29, 1.82) is 0 Å². The molecule has 14 heavy (non-hydrogen) atoms. The maximum Gasteiger partial charge on any atom is 0.156 e. The summed E-state index contributed by atoms with van der Waals surface area (Å²) in [7, 11) is 0. The summed E-state index contributed by atoms with van der Waals surface area (Å²) in [5, 5.41) is 0. The van der Waals surface area contributed by atoms with Gasteiger partial charge in [0.2, 0.25) is 0 Å². The maximum absolute atomic E-state index is 12.5. The summed E-state index contributed by atoms with van der Waals surface area (Å²) in [5.74, 6) is -0.299. The van der Waals surface area contributed by atoms with Gasteiger partial charge in [-0.3, -0.25) is 4.79 Å². The van der Waals surface area contributed by atoms with Crippen LogP contribution in [0.5, 0.6) is 0 Å². The molecule has 0 fully saturated rings. The Hall–Kier alpha value is -1.48. The number of ketones is 1. The third kappa shape index (κ3) is 3.49. The van der Waals surface area contributed by atoms with Crippen molar-refractivity contribution in [2.75, 3.05) is 6.54 Å². The molecule has 0 aliphatic carbocycles. The fourth-order valence-electron chi connectivity index (χ4n) is 0.989. The first-order valence-corrected chi connectivity index (χ1v) is 4.39. The van der Waals surface area contributed by atoms with Crippen molar-refractivity contribution in [2.45, 2.75) is 6.42 Å². The van der Waals surface area contributed by atoms with Crippen LogP contribution in [0.3, 0.4) is 0 Å². The van der Waals surface area contributed by atoms with E-state index in [4.69, 9.17) is 5.73 Å². The first-order valence-electron chi connectivity index (χ1n) is 4.39. The summed E-state index contributed by atoms with van der Waals surface area (Å²) in [4.78, 5) is 11.0. The first-order chi connectivity index (χ1) is 6.72. The molecule has 0 heterocycles. The highest BCUT2D eigenvalue weighted by Gasteiger charge is 1.93. The molecule has 0 spiro atoms. The van der Waals surface area contributed by atoms with Crippen LogP contribution < -0.4 is 5.73 Å². The van der Waals surface area contributed by atoms with Crippen LogP contribution in [0.1, 0.15) is 12.0 Å². The number of hydrogen-bond donors (Lipinski definition) is 1. The van der Waals surface area contributed by atoms with Crippen molar-refractivity contribution in [3.05, 3.63) is 41.7 Å². The monoisotopic (exact) mass is 193 g/mol. The number of carbonyl (C=O) groups excluding carboxylic acids is 1. The van der Waals surface area contributed by atoms with E-state index in [0.717, 1.165) is 5.56 Å². The first kappa shape index (κ1) is 10.6. The van der Waals surface area contributed by atoms with E-state index in [9.17, 15) is 9.18 Å². The molecule has 2 N–H and O–H groups in total. The second kappa shape index (κ2) is 5.29. The predicted octanol–water partition coefficient (Wildman–Crippen LogP) is 1.76. The Kier molecular flexibility index (Phi) is 4.01. The number of nitrogens with two attached hydrogens (primary N) is 1. The molecule has 0 amide bonds. The lowest BCUT2D eigenvalue weighted by molar-refractivity contribution is -0.114. The van der Waals surface area contributed by atoms with E-state index in [1.165, 1.54) is 18.2 Å². The van der Waals surface area contributed by atoms with Crippen molar-refractivity contribution in [2.24, 2.45) is 5.73 Å². The summed E-state index contributed by atoms with van der Waals surface area (Å²) in [6, 6.07) is 5.93. The van der Waals surface area contributed by atoms with Gasteiger partial charge in [0, 0.05) is 6.42 Å². The second-order valence-corrected chi connectivity index (χ2v) is 2.89. The standard InChI is InChI=1S/C11H12FNO/c12-10-4-1-9(2-5-10)3-6-11(14)7-8-13/h1-6H,7-8,13H2/b6-3+. The van der Waals surface area contributed by atoms with Crippen LogP contribution in [0.2, 0.25) is 0 Å². The van der Waals surface area contributed by atoms with Gasteiger partial charge in [0.15, 0.2) is 5.78 Å². The summed E-state index contributed by atoms with van der Waals surface area (Å²) in [6.07, 6.45) is 3.45. The molecular formula is C11H12FNO. The van der Waals surface area contributed by atoms with Crippen LogP contribution in [0, 0.1) is 5.82 Å². The second-order valence-electron chi connectivity index (χ2n) is 2.89. The van der Waals surface area contributed by atoms with Gasteiger partial charge in [0.1, 0.15) is 5.82 Å². The Morgan fingerprint density at radius 2 is 2.00 bits per heavy atom. The zero-order valence-electron chi connectivity index (χ0n) is 7.74. The van der Waals surface area contributed by atoms with Crippen molar-refractivity contribution in [1.82, 2.24) is 0 Å². The average molecular weight is 193 g/mol. The molecule has 0 unspecified atom stereocenters. The molecule has 0 aliphatic rings. The maximum atomic E-state index is 12.5. The molecule has 1 aromatic rings. The van der Waals surface area contributed by atoms with Gasteiger partial charge in [-0.2, -0.15) is 0 Å². The van der Waals surface area contributed by atoms with Gasteiger partial charge in [0.05, 0.1) is 0 Å². The molecule has 3 heteroatoms. The van der Waals surface area contributed by atoms with Gasteiger partial charge in [-0.25, -0.2) is 4.39 Å². The minimum absolute atomic E-state index is 0.0168. The van der Waals surface area contributed by atoms with Crippen LogP contribution in [0.25, 0.3) is 6.08 Å². The van der Waals surface area contributed by atoms with Crippen LogP contribution in [-0.2, 0) is 4.79 Å². The lowest BCUT2D eigenvalue weighted by atomic mass is 10.2. The molecule has 74 valence electrons. The number of rotatable bonds is 4. The van der Waals surface area contributed by atoms with E-state index in [-0.39, 0.29) is 11.6 Å². The van der Waals surface area contributed by atoms with Crippen molar-refractivity contribution in [3.63, 3.8) is 0 Å². The molecular weight excluding hydrogens is 181 g/mol.